The van der Waals surface area contributed by atoms with Gasteiger partial charge in [-0.1, -0.05) is 22.0 Å². The summed E-state index contributed by atoms with van der Waals surface area (Å²) in [5.41, 5.74) is 2.84. The summed E-state index contributed by atoms with van der Waals surface area (Å²) >= 11 is 5.24. The van der Waals surface area contributed by atoms with Crippen molar-refractivity contribution in [3.05, 3.63) is 41.4 Å². The molecule has 0 aromatic heterocycles. The predicted molar refractivity (Wildman–Crippen MR) is 75.4 cm³/mol. The number of thioether (sulfide) groups is 1. The third-order valence-corrected chi connectivity index (χ3v) is 3.92. The molecule has 0 amide bonds. The summed E-state index contributed by atoms with van der Waals surface area (Å²) in [7, 11) is 0. The zero-order valence-electron chi connectivity index (χ0n) is 9.16. The molecular weight excluding hydrogens is 284 g/mol. The van der Waals surface area contributed by atoms with Crippen LogP contribution in [-0.4, -0.2) is 11.8 Å². The first-order chi connectivity index (χ1) is 7.76. The fourth-order valence-electron chi connectivity index (χ4n) is 1.26. The predicted octanol–water partition coefficient (Wildman–Crippen LogP) is 3.34. The monoisotopic (exact) mass is 300 g/mol. The molecule has 0 saturated heterocycles. The summed E-state index contributed by atoms with van der Waals surface area (Å²) in [5, 5.41) is 0. The first kappa shape index (κ1) is 13.8. The first-order valence-corrected chi connectivity index (χ1v) is 6.99. The number of benzene rings is 1. The third kappa shape index (κ3) is 5.16. The van der Waals surface area contributed by atoms with Crippen molar-refractivity contribution in [1.29, 1.82) is 0 Å². The van der Waals surface area contributed by atoms with Gasteiger partial charge in [-0.05, 0) is 37.1 Å². The minimum Gasteiger partial charge on any atom is -0.271 e. The molecule has 0 saturated carbocycles. The van der Waals surface area contributed by atoms with Crippen molar-refractivity contribution in [2.45, 2.75) is 23.8 Å². The Labute approximate surface area is 110 Å². The van der Waals surface area contributed by atoms with E-state index in [0.717, 1.165) is 23.1 Å². The third-order valence-electron chi connectivity index (χ3n) is 2.22. The largest absolute Gasteiger partial charge is 0.271 e. The van der Waals surface area contributed by atoms with Gasteiger partial charge in [0.15, 0.2) is 0 Å². The van der Waals surface area contributed by atoms with E-state index in [-0.39, 0.29) is 0 Å². The van der Waals surface area contributed by atoms with E-state index in [0.29, 0.717) is 6.04 Å². The number of hydrazine groups is 1. The highest BCUT2D eigenvalue weighted by Gasteiger charge is 2.05. The maximum atomic E-state index is 5.50. The van der Waals surface area contributed by atoms with Crippen LogP contribution < -0.4 is 11.3 Å². The van der Waals surface area contributed by atoms with Gasteiger partial charge in [0.1, 0.15) is 0 Å². The lowest BCUT2D eigenvalue weighted by molar-refractivity contribution is 0.544. The summed E-state index contributed by atoms with van der Waals surface area (Å²) in [6.07, 6.45) is 3.95. The van der Waals surface area contributed by atoms with Gasteiger partial charge in [-0.25, -0.2) is 0 Å². The molecule has 88 valence electrons. The number of hydrogen-bond donors (Lipinski definition) is 2. The smallest absolute Gasteiger partial charge is 0.0307 e. The fraction of sp³-hybridized carbons (Fsp3) is 0.333. The van der Waals surface area contributed by atoms with Crippen LogP contribution in [0.15, 0.2) is 46.3 Å². The number of hydrogen-bond acceptors (Lipinski definition) is 3. The Balaban J connectivity index is 2.36. The van der Waals surface area contributed by atoms with E-state index in [4.69, 9.17) is 5.84 Å². The van der Waals surface area contributed by atoms with Gasteiger partial charge in [-0.2, -0.15) is 0 Å². The quantitative estimate of drug-likeness (QED) is 0.351. The standard InChI is InChI=1S/C12H17BrN2S/c1-2-3-4-11(15-14)9-16-12-7-5-10(13)6-8-12/h2,5-8,11,15H,1,3-4,9,14H2. The van der Waals surface area contributed by atoms with E-state index in [2.05, 4.69) is 52.2 Å². The maximum absolute atomic E-state index is 5.50. The van der Waals surface area contributed by atoms with Gasteiger partial charge in [0, 0.05) is 21.2 Å². The molecule has 0 spiro atoms. The van der Waals surface area contributed by atoms with Gasteiger partial charge >= 0.3 is 0 Å². The van der Waals surface area contributed by atoms with E-state index in [1.165, 1.54) is 4.90 Å². The second-order valence-electron chi connectivity index (χ2n) is 3.49. The van der Waals surface area contributed by atoms with Gasteiger partial charge in [-0.3, -0.25) is 11.3 Å². The van der Waals surface area contributed by atoms with Crippen molar-refractivity contribution < 1.29 is 0 Å². The van der Waals surface area contributed by atoms with E-state index >= 15 is 0 Å². The van der Waals surface area contributed by atoms with Crippen LogP contribution in [0.25, 0.3) is 0 Å². The van der Waals surface area contributed by atoms with Crippen LogP contribution in [0.3, 0.4) is 0 Å². The molecular formula is C12H17BrN2S. The molecule has 0 aliphatic carbocycles. The van der Waals surface area contributed by atoms with Crippen LogP contribution in [0.1, 0.15) is 12.8 Å². The molecule has 1 atom stereocenters. The molecule has 1 aromatic carbocycles. The second-order valence-corrected chi connectivity index (χ2v) is 5.50. The molecule has 0 bridgehead atoms. The van der Waals surface area contributed by atoms with E-state index in [9.17, 15) is 0 Å². The number of allylic oxidation sites excluding steroid dienone is 1. The minimum absolute atomic E-state index is 0.339. The minimum atomic E-state index is 0.339. The molecule has 1 unspecified atom stereocenters. The van der Waals surface area contributed by atoms with Crippen LogP contribution >= 0.6 is 27.7 Å². The van der Waals surface area contributed by atoms with Gasteiger partial charge in [0.2, 0.25) is 0 Å². The van der Waals surface area contributed by atoms with Crippen LogP contribution in [0.2, 0.25) is 0 Å². The van der Waals surface area contributed by atoms with Crippen LogP contribution in [0.5, 0.6) is 0 Å². The van der Waals surface area contributed by atoms with E-state index in [1.807, 2.05) is 17.8 Å². The topological polar surface area (TPSA) is 38.0 Å². The summed E-state index contributed by atoms with van der Waals surface area (Å²) in [4.78, 5) is 1.27. The first-order valence-electron chi connectivity index (χ1n) is 5.21. The van der Waals surface area contributed by atoms with Crippen molar-refractivity contribution in [3.63, 3.8) is 0 Å². The zero-order valence-corrected chi connectivity index (χ0v) is 11.6. The average molecular weight is 301 g/mol. The van der Waals surface area contributed by atoms with Gasteiger partial charge in [0.05, 0.1) is 0 Å². The molecule has 2 nitrogen and oxygen atoms in total. The number of nitrogens with two attached hydrogens (primary N) is 1. The molecule has 16 heavy (non-hydrogen) atoms. The Kier molecular flexibility index (Phi) is 6.80. The summed E-state index contributed by atoms with van der Waals surface area (Å²) in [5.74, 6) is 6.47. The number of halogens is 1. The normalized spacial score (nSPS) is 12.4. The Morgan fingerprint density at radius 3 is 2.69 bits per heavy atom. The van der Waals surface area contributed by atoms with Crippen LogP contribution in [0, 0.1) is 0 Å². The summed E-state index contributed by atoms with van der Waals surface area (Å²) in [6.45, 7) is 3.71. The summed E-state index contributed by atoms with van der Waals surface area (Å²) < 4.78 is 1.11. The maximum Gasteiger partial charge on any atom is 0.0307 e. The molecule has 0 fully saturated rings. The van der Waals surface area contributed by atoms with Crippen molar-refractivity contribution in [3.8, 4) is 0 Å². The Bertz CT molecular complexity index is 313. The molecule has 1 rings (SSSR count). The second kappa shape index (κ2) is 7.90. The molecule has 0 radical (unpaired) electrons. The summed E-state index contributed by atoms with van der Waals surface area (Å²) in [6, 6.07) is 8.66. The van der Waals surface area contributed by atoms with Crippen LogP contribution in [0.4, 0.5) is 0 Å². The molecule has 0 heterocycles. The lowest BCUT2D eigenvalue weighted by Crippen LogP contribution is -2.36. The van der Waals surface area contributed by atoms with Crippen molar-refractivity contribution in [2.24, 2.45) is 5.84 Å². The molecule has 4 heteroatoms. The molecule has 3 N–H and O–H groups in total. The molecule has 1 aromatic rings. The number of nitrogens with one attached hydrogen (secondary N) is 1. The Morgan fingerprint density at radius 1 is 1.44 bits per heavy atom. The Morgan fingerprint density at radius 2 is 2.12 bits per heavy atom. The zero-order chi connectivity index (χ0) is 11.8. The highest BCUT2D eigenvalue weighted by atomic mass is 79.9. The Hall–Kier alpha value is -0.290. The van der Waals surface area contributed by atoms with Crippen molar-refractivity contribution >= 4 is 27.7 Å². The fourth-order valence-corrected chi connectivity index (χ4v) is 2.51. The van der Waals surface area contributed by atoms with Gasteiger partial charge in [-0.15, -0.1) is 18.3 Å². The highest BCUT2D eigenvalue weighted by Crippen LogP contribution is 2.21. The highest BCUT2D eigenvalue weighted by molar-refractivity contribution is 9.10. The molecule has 0 aliphatic heterocycles. The van der Waals surface area contributed by atoms with E-state index in [1.54, 1.807) is 0 Å². The van der Waals surface area contributed by atoms with Crippen molar-refractivity contribution in [2.75, 3.05) is 5.75 Å². The number of rotatable bonds is 7. The average Bonchev–Trinajstić information content (AvgIpc) is 2.32. The lowest BCUT2D eigenvalue weighted by Gasteiger charge is -2.14. The van der Waals surface area contributed by atoms with Gasteiger partial charge in [0.25, 0.3) is 0 Å². The molecule has 0 aliphatic rings. The van der Waals surface area contributed by atoms with Crippen molar-refractivity contribution in [1.82, 2.24) is 5.43 Å². The van der Waals surface area contributed by atoms with Gasteiger partial charge < -0.3 is 0 Å². The van der Waals surface area contributed by atoms with Crippen LogP contribution in [-0.2, 0) is 0 Å². The lowest BCUT2D eigenvalue weighted by atomic mass is 10.2. The SMILES string of the molecule is C=CCCC(CSc1ccc(Br)cc1)NN. The van der Waals surface area contributed by atoms with E-state index < -0.39 is 0 Å².